The molecular weight excluding hydrogens is 384 g/mol. The Balaban J connectivity index is 1.47. The summed E-state index contributed by atoms with van der Waals surface area (Å²) in [5.41, 5.74) is 3.82. The normalized spacial score (nSPS) is 18.9. The Kier molecular flexibility index (Phi) is 6.42. The van der Waals surface area contributed by atoms with Crippen LogP contribution in [0.2, 0.25) is 5.02 Å². The van der Waals surface area contributed by atoms with E-state index in [-0.39, 0.29) is 24.1 Å². The van der Waals surface area contributed by atoms with Crippen LogP contribution < -0.4 is 10.6 Å². The minimum Gasteiger partial charge on any atom is -0.452 e. The standard InChI is InChI=1S/C20H21ClN2O3S/c1-12-6-7-14(8-13(12)2)17-11-27-20(22-17)23-18(24)10-26-19(25)15-4-3-5-16(21)9-15/h3-9,17,20,22H,10-11H2,1-2H3,(H,23,24). The number of esters is 1. The molecule has 142 valence electrons. The summed E-state index contributed by atoms with van der Waals surface area (Å²) in [6.45, 7) is 3.84. The summed E-state index contributed by atoms with van der Waals surface area (Å²) in [4.78, 5) is 24.0. The molecule has 2 unspecified atom stereocenters. The molecule has 1 fully saturated rings. The van der Waals surface area contributed by atoms with Gasteiger partial charge in [0, 0.05) is 16.8 Å². The third kappa shape index (κ3) is 5.25. The summed E-state index contributed by atoms with van der Waals surface area (Å²) in [6, 6.07) is 13.0. The van der Waals surface area contributed by atoms with Gasteiger partial charge in [0.15, 0.2) is 6.61 Å². The van der Waals surface area contributed by atoms with E-state index < -0.39 is 5.97 Å². The van der Waals surface area contributed by atoms with Crippen molar-refractivity contribution in [3.8, 4) is 0 Å². The van der Waals surface area contributed by atoms with Gasteiger partial charge in [-0.15, -0.1) is 11.8 Å². The lowest BCUT2D eigenvalue weighted by atomic mass is 10.0. The zero-order valence-electron chi connectivity index (χ0n) is 15.1. The third-order valence-corrected chi connectivity index (χ3v) is 5.75. The number of hydrogen-bond donors (Lipinski definition) is 2. The molecule has 0 spiro atoms. The lowest BCUT2D eigenvalue weighted by Crippen LogP contribution is -2.42. The van der Waals surface area contributed by atoms with Crippen LogP contribution >= 0.6 is 23.4 Å². The maximum absolute atomic E-state index is 12.1. The van der Waals surface area contributed by atoms with Crippen LogP contribution in [0.15, 0.2) is 42.5 Å². The molecular formula is C20H21ClN2O3S. The maximum Gasteiger partial charge on any atom is 0.338 e. The molecule has 0 radical (unpaired) electrons. The molecule has 1 saturated heterocycles. The van der Waals surface area contributed by atoms with Gasteiger partial charge in [-0.1, -0.05) is 35.9 Å². The van der Waals surface area contributed by atoms with Gasteiger partial charge in [-0.25, -0.2) is 4.79 Å². The molecule has 0 aromatic heterocycles. The van der Waals surface area contributed by atoms with Gasteiger partial charge in [0.25, 0.3) is 5.91 Å². The SMILES string of the molecule is Cc1ccc(C2CSC(NC(=O)COC(=O)c3cccc(Cl)c3)N2)cc1C. The number of nitrogens with one attached hydrogen (secondary N) is 2. The zero-order valence-corrected chi connectivity index (χ0v) is 16.7. The topological polar surface area (TPSA) is 67.4 Å². The van der Waals surface area contributed by atoms with Crippen LogP contribution in [0.25, 0.3) is 0 Å². The number of amides is 1. The van der Waals surface area contributed by atoms with Gasteiger partial charge < -0.3 is 10.1 Å². The zero-order chi connectivity index (χ0) is 19.4. The predicted molar refractivity (Wildman–Crippen MR) is 108 cm³/mol. The molecule has 2 aromatic carbocycles. The molecule has 1 aliphatic heterocycles. The number of carbonyl (C=O) groups excluding carboxylic acids is 2. The van der Waals surface area contributed by atoms with Crippen molar-refractivity contribution in [2.75, 3.05) is 12.4 Å². The Hall–Kier alpha value is -2.02. The number of thioether (sulfide) groups is 1. The first-order valence-corrected chi connectivity index (χ1v) is 10.0. The highest BCUT2D eigenvalue weighted by Crippen LogP contribution is 2.28. The maximum atomic E-state index is 12.1. The number of carbonyl (C=O) groups is 2. The van der Waals surface area contributed by atoms with Gasteiger partial charge in [0.2, 0.25) is 0 Å². The molecule has 7 heteroatoms. The van der Waals surface area contributed by atoms with Crippen molar-refractivity contribution in [2.45, 2.75) is 25.4 Å². The summed E-state index contributed by atoms with van der Waals surface area (Å²) < 4.78 is 5.05. The largest absolute Gasteiger partial charge is 0.452 e. The second kappa shape index (κ2) is 8.78. The lowest BCUT2D eigenvalue weighted by Gasteiger charge is -2.16. The van der Waals surface area contributed by atoms with Gasteiger partial charge in [0.1, 0.15) is 5.50 Å². The fourth-order valence-electron chi connectivity index (χ4n) is 2.75. The highest BCUT2D eigenvalue weighted by molar-refractivity contribution is 8.00. The predicted octanol–water partition coefficient (Wildman–Crippen LogP) is 3.59. The van der Waals surface area contributed by atoms with E-state index in [1.807, 2.05) is 0 Å². The Bertz CT molecular complexity index is 859. The minimum absolute atomic E-state index is 0.175. The third-order valence-electron chi connectivity index (χ3n) is 4.40. The molecule has 1 heterocycles. The van der Waals surface area contributed by atoms with Crippen LogP contribution in [-0.2, 0) is 9.53 Å². The van der Waals surface area contributed by atoms with Crippen molar-refractivity contribution in [2.24, 2.45) is 0 Å². The quantitative estimate of drug-likeness (QED) is 0.745. The van der Waals surface area contributed by atoms with Crippen molar-refractivity contribution in [3.05, 3.63) is 69.7 Å². The number of hydrogen-bond acceptors (Lipinski definition) is 5. The summed E-state index contributed by atoms with van der Waals surface area (Å²) in [5, 5.41) is 6.66. The van der Waals surface area contributed by atoms with E-state index in [4.69, 9.17) is 16.3 Å². The number of benzene rings is 2. The number of ether oxygens (including phenoxy) is 1. The summed E-state index contributed by atoms with van der Waals surface area (Å²) in [5.74, 6) is -0.0701. The molecule has 3 rings (SSSR count). The van der Waals surface area contributed by atoms with Crippen molar-refractivity contribution in [1.29, 1.82) is 0 Å². The van der Waals surface area contributed by atoms with Gasteiger partial charge in [-0.2, -0.15) is 0 Å². The van der Waals surface area contributed by atoms with Crippen molar-refractivity contribution in [3.63, 3.8) is 0 Å². The number of aryl methyl sites for hydroxylation is 2. The van der Waals surface area contributed by atoms with E-state index in [1.54, 1.807) is 30.0 Å². The molecule has 0 aliphatic carbocycles. The van der Waals surface area contributed by atoms with Gasteiger partial charge in [0.05, 0.1) is 5.56 Å². The first-order chi connectivity index (χ1) is 12.9. The highest BCUT2D eigenvalue weighted by Gasteiger charge is 2.27. The first kappa shape index (κ1) is 19.7. The lowest BCUT2D eigenvalue weighted by molar-refractivity contribution is -0.124. The monoisotopic (exact) mass is 404 g/mol. The van der Waals surface area contributed by atoms with Crippen LogP contribution in [0.3, 0.4) is 0 Å². The second-order valence-corrected chi connectivity index (χ2v) is 8.00. The molecule has 5 nitrogen and oxygen atoms in total. The molecule has 0 saturated carbocycles. The Labute approximate surface area is 167 Å². The first-order valence-electron chi connectivity index (χ1n) is 8.59. The van der Waals surface area contributed by atoms with Gasteiger partial charge in [-0.05, 0) is 48.7 Å². The average Bonchev–Trinajstić information content (AvgIpc) is 3.10. The van der Waals surface area contributed by atoms with E-state index in [2.05, 4.69) is 42.7 Å². The fourth-order valence-corrected chi connectivity index (χ4v) is 4.09. The second-order valence-electron chi connectivity index (χ2n) is 6.43. The van der Waals surface area contributed by atoms with Gasteiger partial charge in [-0.3, -0.25) is 10.1 Å². The van der Waals surface area contributed by atoms with Crippen LogP contribution in [0.5, 0.6) is 0 Å². The van der Waals surface area contributed by atoms with Crippen LogP contribution in [0, 0.1) is 13.8 Å². The summed E-state index contributed by atoms with van der Waals surface area (Å²) in [7, 11) is 0. The fraction of sp³-hybridized carbons (Fsp3) is 0.300. The molecule has 2 aromatic rings. The van der Waals surface area contributed by atoms with Crippen molar-refractivity contribution in [1.82, 2.24) is 10.6 Å². The van der Waals surface area contributed by atoms with Crippen LogP contribution in [-0.4, -0.2) is 29.7 Å². The summed E-state index contributed by atoms with van der Waals surface area (Å²) >= 11 is 7.46. The van der Waals surface area contributed by atoms with Gasteiger partial charge >= 0.3 is 5.97 Å². The molecule has 1 aliphatic rings. The minimum atomic E-state index is -0.576. The Morgan fingerprint density at radius 2 is 2.04 bits per heavy atom. The molecule has 0 bridgehead atoms. The van der Waals surface area contributed by atoms with E-state index in [0.29, 0.717) is 10.6 Å². The Morgan fingerprint density at radius 3 is 2.78 bits per heavy atom. The number of rotatable bonds is 5. The van der Waals surface area contributed by atoms with Crippen LogP contribution in [0.1, 0.15) is 33.1 Å². The van der Waals surface area contributed by atoms with Crippen LogP contribution in [0.4, 0.5) is 0 Å². The van der Waals surface area contributed by atoms with E-state index in [9.17, 15) is 9.59 Å². The van der Waals surface area contributed by atoms with E-state index in [1.165, 1.54) is 22.8 Å². The summed E-state index contributed by atoms with van der Waals surface area (Å²) in [6.07, 6.45) is 0. The smallest absolute Gasteiger partial charge is 0.338 e. The van der Waals surface area contributed by atoms with E-state index >= 15 is 0 Å². The average molecular weight is 405 g/mol. The number of halogens is 1. The molecule has 2 atom stereocenters. The molecule has 1 amide bonds. The van der Waals surface area contributed by atoms with Crippen molar-refractivity contribution < 1.29 is 14.3 Å². The molecule has 27 heavy (non-hydrogen) atoms. The van der Waals surface area contributed by atoms with Crippen molar-refractivity contribution >= 4 is 35.2 Å². The van der Waals surface area contributed by atoms with E-state index in [0.717, 1.165) is 5.75 Å². The highest BCUT2D eigenvalue weighted by atomic mass is 35.5. The molecule has 2 N–H and O–H groups in total. The Morgan fingerprint density at radius 1 is 1.22 bits per heavy atom.